The quantitative estimate of drug-likeness (QED) is 0.627. The molecular weight excluding hydrogens is 194 g/mol. The van der Waals surface area contributed by atoms with Gasteiger partial charge >= 0.3 is 5.97 Å². The lowest BCUT2D eigenvalue weighted by molar-refractivity contribution is -0.141. The molecule has 0 radical (unpaired) electrons. The number of carboxylic acids is 1. The van der Waals surface area contributed by atoms with E-state index in [-0.39, 0.29) is 12.2 Å². The molecule has 0 heterocycles. The summed E-state index contributed by atoms with van der Waals surface area (Å²) in [5.74, 6) is -1.22. The standard InChI is InChI=1S/C7H13NO4S/c1-5(9)8-6(7(10)11)3-4-13(2)12/h6H,3-4H2,1-2H3,(H,8,9)(H,10,11)/t6-,13-/m0/s1. The number of rotatable bonds is 5. The van der Waals surface area contributed by atoms with Gasteiger partial charge in [-0.1, -0.05) is 0 Å². The molecule has 0 rings (SSSR count). The third-order valence-corrected chi connectivity index (χ3v) is 2.18. The largest absolute Gasteiger partial charge is 0.480 e. The van der Waals surface area contributed by atoms with Gasteiger partial charge in [-0.2, -0.15) is 0 Å². The summed E-state index contributed by atoms with van der Waals surface area (Å²) in [6, 6.07) is -0.929. The van der Waals surface area contributed by atoms with Crippen molar-refractivity contribution in [2.75, 3.05) is 12.0 Å². The van der Waals surface area contributed by atoms with Gasteiger partial charge in [0.2, 0.25) is 5.91 Å². The highest BCUT2D eigenvalue weighted by Gasteiger charge is 2.17. The van der Waals surface area contributed by atoms with Crippen molar-refractivity contribution in [2.24, 2.45) is 0 Å². The van der Waals surface area contributed by atoms with Crippen molar-refractivity contribution in [1.82, 2.24) is 5.32 Å². The highest BCUT2D eigenvalue weighted by atomic mass is 32.2. The lowest BCUT2D eigenvalue weighted by Crippen LogP contribution is -2.40. The summed E-state index contributed by atoms with van der Waals surface area (Å²) in [6.07, 6.45) is 1.69. The minimum atomic E-state index is -1.10. The van der Waals surface area contributed by atoms with Gasteiger partial charge in [-0.25, -0.2) is 4.79 Å². The lowest BCUT2D eigenvalue weighted by Gasteiger charge is -2.11. The first-order chi connectivity index (χ1) is 5.93. The molecule has 0 saturated heterocycles. The second kappa shape index (κ2) is 5.69. The first-order valence-electron chi connectivity index (χ1n) is 3.73. The second-order valence-corrected chi connectivity index (χ2v) is 4.21. The predicted octanol–water partition coefficient (Wildman–Crippen LogP) is -0.656. The van der Waals surface area contributed by atoms with Gasteiger partial charge in [-0.05, 0) is 6.42 Å². The summed E-state index contributed by atoms with van der Waals surface area (Å²) in [6.45, 7) is 1.25. The number of aliphatic carboxylic acids is 1. The summed E-state index contributed by atoms with van der Waals surface area (Å²) >= 11 is 0. The van der Waals surface area contributed by atoms with Gasteiger partial charge in [0.1, 0.15) is 6.04 Å². The molecule has 0 spiro atoms. The fourth-order valence-electron chi connectivity index (χ4n) is 0.787. The molecule has 2 N–H and O–H groups in total. The van der Waals surface area contributed by atoms with Gasteiger partial charge < -0.3 is 10.4 Å². The lowest BCUT2D eigenvalue weighted by atomic mass is 10.2. The summed E-state index contributed by atoms with van der Waals surface area (Å²) < 4.78 is 10.7. The molecule has 0 aromatic rings. The Hall–Kier alpha value is -0.910. The van der Waals surface area contributed by atoms with E-state index >= 15 is 0 Å². The first kappa shape index (κ1) is 12.1. The number of hydrogen-bond donors (Lipinski definition) is 2. The van der Waals surface area contributed by atoms with Crippen LogP contribution in [0.1, 0.15) is 13.3 Å². The van der Waals surface area contributed by atoms with Gasteiger partial charge in [0.05, 0.1) is 0 Å². The van der Waals surface area contributed by atoms with Crippen LogP contribution in [-0.2, 0) is 20.4 Å². The number of nitrogens with one attached hydrogen (secondary N) is 1. The van der Waals surface area contributed by atoms with E-state index in [4.69, 9.17) is 5.11 Å². The summed E-state index contributed by atoms with van der Waals surface area (Å²) in [5, 5.41) is 10.9. The zero-order chi connectivity index (χ0) is 10.4. The number of carbonyl (C=O) groups is 2. The van der Waals surface area contributed by atoms with E-state index in [1.54, 1.807) is 0 Å². The van der Waals surface area contributed by atoms with Crippen molar-refractivity contribution in [1.29, 1.82) is 0 Å². The molecule has 0 aromatic heterocycles. The van der Waals surface area contributed by atoms with E-state index < -0.39 is 28.7 Å². The first-order valence-corrected chi connectivity index (χ1v) is 5.46. The maximum atomic E-state index is 10.7. The Morgan fingerprint density at radius 1 is 1.54 bits per heavy atom. The van der Waals surface area contributed by atoms with Crippen molar-refractivity contribution in [3.63, 3.8) is 0 Å². The van der Waals surface area contributed by atoms with Crippen LogP contribution in [0.2, 0.25) is 0 Å². The zero-order valence-electron chi connectivity index (χ0n) is 7.57. The Kier molecular flexibility index (Phi) is 5.29. The van der Waals surface area contributed by atoms with Gasteiger partial charge in [0.25, 0.3) is 0 Å². The van der Waals surface area contributed by atoms with Crippen molar-refractivity contribution in [3.8, 4) is 0 Å². The molecule has 0 unspecified atom stereocenters. The van der Waals surface area contributed by atoms with E-state index in [0.29, 0.717) is 0 Å². The normalized spacial score (nSPS) is 14.6. The molecule has 0 saturated carbocycles. The van der Waals surface area contributed by atoms with Crippen molar-refractivity contribution in [2.45, 2.75) is 19.4 Å². The Morgan fingerprint density at radius 3 is 2.38 bits per heavy atom. The highest BCUT2D eigenvalue weighted by molar-refractivity contribution is 7.84. The van der Waals surface area contributed by atoms with Crippen LogP contribution in [0.5, 0.6) is 0 Å². The number of hydrogen-bond acceptors (Lipinski definition) is 3. The van der Waals surface area contributed by atoms with Crippen LogP contribution in [0.3, 0.4) is 0 Å². The molecule has 1 amide bonds. The van der Waals surface area contributed by atoms with Crippen LogP contribution >= 0.6 is 0 Å². The fourth-order valence-corrected chi connectivity index (χ4v) is 1.35. The van der Waals surface area contributed by atoms with Gasteiger partial charge in [-0.15, -0.1) is 0 Å². The van der Waals surface area contributed by atoms with Crippen LogP contribution < -0.4 is 5.32 Å². The maximum absolute atomic E-state index is 10.7. The molecule has 0 aliphatic rings. The Balaban J connectivity index is 4.02. The van der Waals surface area contributed by atoms with E-state index in [1.807, 2.05) is 0 Å². The van der Waals surface area contributed by atoms with Gasteiger partial charge in [0, 0.05) is 29.7 Å². The number of carbonyl (C=O) groups excluding carboxylic acids is 1. The van der Waals surface area contributed by atoms with E-state index in [0.717, 1.165) is 0 Å². The van der Waals surface area contributed by atoms with Crippen LogP contribution in [0.15, 0.2) is 0 Å². The molecule has 76 valence electrons. The van der Waals surface area contributed by atoms with E-state index in [2.05, 4.69) is 5.32 Å². The van der Waals surface area contributed by atoms with Crippen molar-refractivity contribution < 1.29 is 18.9 Å². The monoisotopic (exact) mass is 207 g/mol. The van der Waals surface area contributed by atoms with Crippen LogP contribution in [0.4, 0.5) is 0 Å². The minimum absolute atomic E-state index is 0.192. The number of amides is 1. The molecule has 0 aliphatic carbocycles. The molecule has 0 aromatic carbocycles. The average molecular weight is 207 g/mol. The predicted molar refractivity (Wildman–Crippen MR) is 48.8 cm³/mol. The van der Waals surface area contributed by atoms with Gasteiger partial charge in [-0.3, -0.25) is 9.00 Å². The maximum Gasteiger partial charge on any atom is 0.326 e. The molecule has 13 heavy (non-hydrogen) atoms. The molecular formula is C7H13NO4S. The molecule has 2 atom stereocenters. The van der Waals surface area contributed by atoms with Crippen molar-refractivity contribution >= 4 is 22.7 Å². The zero-order valence-corrected chi connectivity index (χ0v) is 8.39. The molecule has 6 heteroatoms. The van der Waals surface area contributed by atoms with Gasteiger partial charge in [0.15, 0.2) is 0 Å². The third kappa shape index (κ3) is 6.27. The van der Waals surface area contributed by atoms with Crippen molar-refractivity contribution in [3.05, 3.63) is 0 Å². The van der Waals surface area contributed by atoms with Crippen LogP contribution in [0.25, 0.3) is 0 Å². The minimum Gasteiger partial charge on any atom is -0.480 e. The Labute approximate surface area is 79.0 Å². The second-order valence-electron chi connectivity index (χ2n) is 2.66. The average Bonchev–Trinajstić information content (AvgIpc) is 1.96. The topological polar surface area (TPSA) is 83.5 Å². The summed E-state index contributed by atoms with van der Waals surface area (Å²) in [7, 11) is -1.03. The molecule has 5 nitrogen and oxygen atoms in total. The molecule has 0 fully saturated rings. The van der Waals surface area contributed by atoms with Crippen LogP contribution in [0, 0.1) is 0 Å². The molecule has 0 bridgehead atoms. The SMILES string of the molecule is CC(=O)N[C@@H](CC[S@](C)=O)C(=O)O. The fraction of sp³-hybridized carbons (Fsp3) is 0.714. The number of carboxylic acid groups (broad SMARTS) is 1. The summed E-state index contributed by atoms with van der Waals surface area (Å²) in [4.78, 5) is 21.1. The Bertz CT molecular complexity index is 229. The van der Waals surface area contributed by atoms with E-state index in [1.165, 1.54) is 13.2 Å². The molecule has 0 aliphatic heterocycles. The van der Waals surface area contributed by atoms with E-state index in [9.17, 15) is 13.8 Å². The summed E-state index contributed by atoms with van der Waals surface area (Å²) in [5.41, 5.74) is 0. The highest BCUT2D eigenvalue weighted by Crippen LogP contribution is 1.94. The smallest absolute Gasteiger partial charge is 0.326 e. The van der Waals surface area contributed by atoms with Crippen LogP contribution in [-0.4, -0.2) is 39.2 Å². The Morgan fingerprint density at radius 2 is 2.08 bits per heavy atom. The third-order valence-electron chi connectivity index (χ3n) is 1.37.